The molecule has 0 aliphatic carbocycles. The van der Waals surface area contributed by atoms with Gasteiger partial charge in [-0.3, -0.25) is 9.59 Å². The molecule has 1 amide bonds. The average molecular weight is 210 g/mol. The van der Waals surface area contributed by atoms with Crippen LogP contribution in [-0.4, -0.2) is 31.3 Å². The van der Waals surface area contributed by atoms with E-state index in [0.29, 0.717) is 0 Å². The number of likely N-dealkylation sites (N-methyl/N-ethyl adjacent to an activating group) is 1. The molecule has 0 unspecified atom stereocenters. The molecule has 2 atom stereocenters. The summed E-state index contributed by atoms with van der Waals surface area (Å²) in [6.07, 6.45) is 5.03. The van der Waals surface area contributed by atoms with E-state index < -0.39 is 0 Å². The second-order valence-corrected chi connectivity index (χ2v) is 3.88. The largest absolute Gasteiger partial charge is 0.356 e. The Morgan fingerprint density at radius 2 is 2.47 bits per heavy atom. The van der Waals surface area contributed by atoms with Gasteiger partial charge in [-0.15, -0.1) is 0 Å². The monoisotopic (exact) mass is 210 g/mol. The van der Waals surface area contributed by atoms with Gasteiger partial charge in [0.1, 0.15) is 0 Å². The molecule has 0 aromatic heterocycles. The molecule has 4 nitrogen and oxygen atoms in total. The fourth-order valence-corrected chi connectivity index (χ4v) is 1.72. The Kier molecular flexibility index (Phi) is 4.49. The minimum atomic E-state index is 0.0334. The number of hydrogen-bond acceptors (Lipinski definition) is 3. The van der Waals surface area contributed by atoms with E-state index in [1.807, 2.05) is 13.1 Å². The van der Waals surface area contributed by atoms with Crippen LogP contribution in [0.5, 0.6) is 0 Å². The van der Waals surface area contributed by atoms with E-state index in [9.17, 15) is 9.59 Å². The van der Waals surface area contributed by atoms with Gasteiger partial charge in [-0.1, -0.05) is 6.08 Å². The number of rotatable bonds is 5. The smallest absolute Gasteiger partial charge is 0.223 e. The Balaban J connectivity index is 2.45. The van der Waals surface area contributed by atoms with Gasteiger partial charge in [0.05, 0.1) is 0 Å². The summed E-state index contributed by atoms with van der Waals surface area (Å²) < 4.78 is 0. The van der Waals surface area contributed by atoms with Crippen LogP contribution in [-0.2, 0) is 9.59 Å². The SMILES string of the molecule is CN[C@H](/C=C/C(C)=O)C[C@@H]1CCNC1=O. The zero-order valence-corrected chi connectivity index (χ0v) is 9.25. The first kappa shape index (κ1) is 11.9. The van der Waals surface area contributed by atoms with Gasteiger partial charge in [-0.25, -0.2) is 0 Å². The number of hydrogen-bond donors (Lipinski definition) is 2. The molecular formula is C11H18N2O2. The Morgan fingerprint density at radius 3 is 2.93 bits per heavy atom. The maximum Gasteiger partial charge on any atom is 0.223 e. The zero-order chi connectivity index (χ0) is 11.3. The lowest BCUT2D eigenvalue weighted by atomic mass is 9.98. The molecule has 1 saturated heterocycles. The predicted octanol–water partition coefficient (Wildman–Crippen LogP) is 0.246. The highest BCUT2D eigenvalue weighted by molar-refractivity contribution is 5.87. The van der Waals surface area contributed by atoms with E-state index in [4.69, 9.17) is 0 Å². The summed E-state index contributed by atoms with van der Waals surface area (Å²) in [6, 6.07) is 0.0998. The Bertz CT molecular complexity index is 274. The third-order valence-corrected chi connectivity index (χ3v) is 2.64. The Labute approximate surface area is 90.1 Å². The molecule has 0 spiro atoms. The summed E-state index contributed by atoms with van der Waals surface area (Å²) in [4.78, 5) is 22.1. The van der Waals surface area contributed by atoms with Crippen LogP contribution < -0.4 is 10.6 Å². The van der Waals surface area contributed by atoms with Gasteiger partial charge in [-0.05, 0) is 32.9 Å². The quantitative estimate of drug-likeness (QED) is 0.639. The second-order valence-electron chi connectivity index (χ2n) is 3.88. The summed E-state index contributed by atoms with van der Waals surface area (Å²) in [6.45, 7) is 2.29. The first-order valence-electron chi connectivity index (χ1n) is 5.27. The lowest BCUT2D eigenvalue weighted by Crippen LogP contribution is -2.29. The predicted molar refractivity (Wildman–Crippen MR) is 58.4 cm³/mol. The van der Waals surface area contributed by atoms with E-state index in [2.05, 4.69) is 10.6 Å². The van der Waals surface area contributed by atoms with Crippen LogP contribution in [0, 0.1) is 5.92 Å². The molecular weight excluding hydrogens is 192 g/mol. The van der Waals surface area contributed by atoms with Crippen LogP contribution >= 0.6 is 0 Å². The number of allylic oxidation sites excluding steroid dienone is 1. The van der Waals surface area contributed by atoms with Gasteiger partial charge >= 0.3 is 0 Å². The summed E-state index contributed by atoms with van der Waals surface area (Å²) in [5.74, 6) is 0.247. The van der Waals surface area contributed by atoms with Crippen LogP contribution in [0.2, 0.25) is 0 Å². The fraction of sp³-hybridized carbons (Fsp3) is 0.636. The number of ketones is 1. The van der Waals surface area contributed by atoms with Crippen molar-refractivity contribution < 1.29 is 9.59 Å². The highest BCUT2D eigenvalue weighted by Gasteiger charge is 2.25. The summed E-state index contributed by atoms with van der Waals surface area (Å²) >= 11 is 0. The van der Waals surface area contributed by atoms with Crippen LogP contribution in [0.15, 0.2) is 12.2 Å². The molecule has 0 aromatic rings. The fourth-order valence-electron chi connectivity index (χ4n) is 1.72. The molecule has 0 bridgehead atoms. The maximum atomic E-state index is 11.3. The van der Waals surface area contributed by atoms with E-state index in [1.54, 1.807) is 6.08 Å². The third-order valence-electron chi connectivity index (χ3n) is 2.64. The van der Waals surface area contributed by atoms with Gasteiger partial charge in [0.15, 0.2) is 5.78 Å². The summed E-state index contributed by atoms with van der Waals surface area (Å²) in [7, 11) is 1.84. The second kappa shape index (κ2) is 5.66. The molecule has 1 aliphatic rings. The van der Waals surface area contributed by atoms with Crippen LogP contribution in [0.4, 0.5) is 0 Å². The van der Waals surface area contributed by atoms with Crippen molar-refractivity contribution in [2.24, 2.45) is 5.92 Å². The molecule has 1 fully saturated rings. The van der Waals surface area contributed by atoms with Gasteiger partial charge in [0.2, 0.25) is 5.91 Å². The summed E-state index contributed by atoms with van der Waals surface area (Å²) in [5, 5.41) is 5.89. The molecule has 1 aliphatic heterocycles. The van der Waals surface area contributed by atoms with Crippen molar-refractivity contribution in [1.82, 2.24) is 10.6 Å². The summed E-state index contributed by atoms with van der Waals surface area (Å²) in [5.41, 5.74) is 0. The normalized spacial score (nSPS) is 23.1. The Morgan fingerprint density at radius 1 is 1.73 bits per heavy atom. The van der Waals surface area contributed by atoms with E-state index >= 15 is 0 Å². The van der Waals surface area contributed by atoms with Crippen molar-refractivity contribution >= 4 is 11.7 Å². The molecule has 1 heterocycles. The van der Waals surface area contributed by atoms with Crippen molar-refractivity contribution in [3.63, 3.8) is 0 Å². The topological polar surface area (TPSA) is 58.2 Å². The van der Waals surface area contributed by atoms with Gasteiger partial charge < -0.3 is 10.6 Å². The molecule has 1 rings (SSSR count). The minimum absolute atomic E-state index is 0.0334. The first-order chi connectivity index (χ1) is 7.13. The highest BCUT2D eigenvalue weighted by Crippen LogP contribution is 2.16. The van der Waals surface area contributed by atoms with Crippen molar-refractivity contribution in [3.05, 3.63) is 12.2 Å². The standard InChI is InChI=1S/C11H18N2O2/c1-8(14)3-4-10(12-2)7-9-5-6-13-11(9)15/h3-4,9-10,12H,5-7H2,1-2H3,(H,13,15)/b4-3+/t9-,10+/m0/s1. The Hall–Kier alpha value is -1.16. The van der Waals surface area contributed by atoms with E-state index in [-0.39, 0.29) is 23.7 Å². The lowest BCUT2D eigenvalue weighted by molar-refractivity contribution is -0.122. The molecule has 84 valence electrons. The maximum absolute atomic E-state index is 11.3. The molecule has 4 heteroatoms. The van der Waals surface area contributed by atoms with E-state index in [1.165, 1.54) is 6.92 Å². The lowest BCUT2D eigenvalue weighted by Gasteiger charge is -2.14. The van der Waals surface area contributed by atoms with Crippen molar-refractivity contribution in [2.75, 3.05) is 13.6 Å². The third kappa shape index (κ3) is 3.83. The number of carbonyl (C=O) groups excluding carboxylic acids is 2. The van der Waals surface area contributed by atoms with Crippen LogP contribution in [0.3, 0.4) is 0 Å². The first-order valence-corrected chi connectivity index (χ1v) is 5.27. The van der Waals surface area contributed by atoms with Gasteiger partial charge in [0, 0.05) is 18.5 Å². The van der Waals surface area contributed by atoms with E-state index in [0.717, 1.165) is 19.4 Å². The van der Waals surface area contributed by atoms with Crippen LogP contribution in [0.25, 0.3) is 0 Å². The molecule has 0 aromatic carbocycles. The molecule has 0 saturated carbocycles. The number of amides is 1. The van der Waals surface area contributed by atoms with Crippen molar-refractivity contribution in [1.29, 1.82) is 0 Å². The van der Waals surface area contributed by atoms with Crippen molar-refractivity contribution in [3.8, 4) is 0 Å². The van der Waals surface area contributed by atoms with Gasteiger partial charge in [-0.2, -0.15) is 0 Å². The molecule has 0 radical (unpaired) electrons. The van der Waals surface area contributed by atoms with Gasteiger partial charge in [0.25, 0.3) is 0 Å². The highest BCUT2D eigenvalue weighted by atomic mass is 16.2. The van der Waals surface area contributed by atoms with Crippen molar-refractivity contribution in [2.45, 2.75) is 25.8 Å². The number of carbonyl (C=O) groups is 2. The average Bonchev–Trinajstić information content (AvgIpc) is 2.58. The van der Waals surface area contributed by atoms with Crippen LogP contribution in [0.1, 0.15) is 19.8 Å². The molecule has 2 N–H and O–H groups in total. The number of nitrogens with one attached hydrogen (secondary N) is 2. The zero-order valence-electron chi connectivity index (χ0n) is 9.25. The minimum Gasteiger partial charge on any atom is -0.356 e. The molecule has 15 heavy (non-hydrogen) atoms.